The highest BCUT2D eigenvalue weighted by Crippen LogP contribution is 2.21. The van der Waals surface area contributed by atoms with Crippen LogP contribution in [0.1, 0.15) is 27.1 Å². The normalized spacial score (nSPS) is 12.0. The number of hydrogen-bond donors (Lipinski definition) is 0. The minimum atomic E-state index is -0.394. The van der Waals surface area contributed by atoms with Gasteiger partial charge in [0.15, 0.2) is 11.6 Å². The zero-order chi connectivity index (χ0) is 20.4. The zero-order valence-electron chi connectivity index (χ0n) is 15.8. The molecule has 0 saturated heterocycles. The Kier molecular flexibility index (Phi) is 9.42. The summed E-state index contributed by atoms with van der Waals surface area (Å²) in [6.45, 7) is 5.72. The monoisotopic (exact) mass is 417 g/mol. The fraction of sp³-hybridized carbons (Fsp3) is 0.304. The molecule has 5 heteroatoms. The SMILES string of the molecule is C=C(CC(CN(CCCl)CCCl)C(=O)c1ccccc1)C(=O)c1ccccc1. The number of nitrogens with zero attached hydrogens (tertiary/aromatic N) is 1. The van der Waals surface area contributed by atoms with E-state index in [4.69, 9.17) is 23.2 Å². The van der Waals surface area contributed by atoms with Crippen LogP contribution < -0.4 is 0 Å². The van der Waals surface area contributed by atoms with Crippen molar-refractivity contribution in [2.75, 3.05) is 31.4 Å². The molecule has 0 saturated carbocycles. The summed E-state index contributed by atoms with van der Waals surface area (Å²) in [5, 5.41) is 0. The van der Waals surface area contributed by atoms with Gasteiger partial charge in [0, 0.05) is 48.4 Å². The third-order valence-corrected chi connectivity index (χ3v) is 4.90. The highest BCUT2D eigenvalue weighted by atomic mass is 35.5. The molecule has 1 atom stereocenters. The molecular weight excluding hydrogens is 393 g/mol. The molecule has 0 aliphatic carbocycles. The molecule has 2 aromatic carbocycles. The Labute approximate surface area is 177 Å². The maximum atomic E-state index is 13.1. The van der Waals surface area contributed by atoms with Crippen LogP contribution in [-0.2, 0) is 0 Å². The van der Waals surface area contributed by atoms with Gasteiger partial charge in [-0.25, -0.2) is 0 Å². The summed E-state index contributed by atoms with van der Waals surface area (Å²) in [4.78, 5) is 27.9. The molecule has 3 nitrogen and oxygen atoms in total. The third kappa shape index (κ3) is 6.59. The lowest BCUT2D eigenvalue weighted by atomic mass is 9.88. The van der Waals surface area contributed by atoms with Crippen molar-refractivity contribution in [3.63, 3.8) is 0 Å². The van der Waals surface area contributed by atoms with Crippen molar-refractivity contribution in [1.29, 1.82) is 0 Å². The molecule has 2 aromatic rings. The Bertz CT molecular complexity index is 772. The first-order valence-corrected chi connectivity index (χ1v) is 10.3. The summed E-state index contributed by atoms with van der Waals surface area (Å²) >= 11 is 11.8. The maximum absolute atomic E-state index is 13.1. The second-order valence-electron chi connectivity index (χ2n) is 6.61. The van der Waals surface area contributed by atoms with E-state index in [-0.39, 0.29) is 11.6 Å². The largest absolute Gasteiger partial charge is 0.300 e. The average Bonchev–Trinajstić information content (AvgIpc) is 2.73. The van der Waals surface area contributed by atoms with E-state index in [0.717, 1.165) is 0 Å². The molecule has 148 valence electrons. The first kappa shape index (κ1) is 22.4. The maximum Gasteiger partial charge on any atom is 0.188 e. The van der Waals surface area contributed by atoms with Crippen LogP contribution in [0.3, 0.4) is 0 Å². The van der Waals surface area contributed by atoms with Crippen LogP contribution in [0.4, 0.5) is 0 Å². The zero-order valence-corrected chi connectivity index (χ0v) is 17.3. The lowest BCUT2D eigenvalue weighted by molar-refractivity contribution is 0.0880. The number of ketones is 2. The highest BCUT2D eigenvalue weighted by Gasteiger charge is 2.25. The van der Waals surface area contributed by atoms with Crippen molar-refractivity contribution in [1.82, 2.24) is 4.90 Å². The summed E-state index contributed by atoms with van der Waals surface area (Å²) in [5.74, 6) is 0.374. The van der Waals surface area contributed by atoms with Gasteiger partial charge in [-0.3, -0.25) is 9.59 Å². The fourth-order valence-electron chi connectivity index (χ4n) is 3.11. The van der Waals surface area contributed by atoms with Gasteiger partial charge in [0.25, 0.3) is 0 Å². The molecule has 0 radical (unpaired) electrons. The van der Waals surface area contributed by atoms with Gasteiger partial charge < -0.3 is 4.90 Å². The topological polar surface area (TPSA) is 37.4 Å². The first-order valence-electron chi connectivity index (χ1n) is 9.28. The first-order chi connectivity index (χ1) is 13.6. The lowest BCUT2D eigenvalue weighted by Gasteiger charge is -2.26. The summed E-state index contributed by atoms with van der Waals surface area (Å²) < 4.78 is 0. The molecule has 0 aliphatic heterocycles. The third-order valence-electron chi connectivity index (χ3n) is 4.56. The van der Waals surface area contributed by atoms with E-state index in [0.29, 0.717) is 54.5 Å². The van der Waals surface area contributed by atoms with Gasteiger partial charge >= 0.3 is 0 Å². The number of rotatable bonds is 12. The second-order valence-corrected chi connectivity index (χ2v) is 7.36. The van der Waals surface area contributed by atoms with Crippen molar-refractivity contribution in [3.05, 3.63) is 83.9 Å². The Morgan fingerprint density at radius 1 is 0.857 bits per heavy atom. The predicted molar refractivity (Wildman–Crippen MR) is 117 cm³/mol. The van der Waals surface area contributed by atoms with E-state index >= 15 is 0 Å². The van der Waals surface area contributed by atoms with E-state index < -0.39 is 5.92 Å². The molecule has 1 unspecified atom stereocenters. The van der Waals surface area contributed by atoms with Crippen molar-refractivity contribution < 1.29 is 9.59 Å². The number of halogens is 2. The summed E-state index contributed by atoms with van der Waals surface area (Å²) in [5.41, 5.74) is 1.64. The molecule has 0 spiro atoms. The number of hydrogen-bond acceptors (Lipinski definition) is 3. The standard InChI is InChI=1S/C23H25Cl2NO2/c1-18(22(27)19-8-4-2-5-9-19)16-21(17-26(14-12-24)15-13-25)23(28)20-10-6-3-7-11-20/h2-11,21H,1,12-17H2. The van der Waals surface area contributed by atoms with Crippen LogP contribution in [0.5, 0.6) is 0 Å². The minimum Gasteiger partial charge on any atom is -0.300 e. The van der Waals surface area contributed by atoms with Crippen LogP contribution in [-0.4, -0.2) is 47.9 Å². The molecular formula is C23H25Cl2NO2. The molecule has 0 amide bonds. The van der Waals surface area contributed by atoms with Crippen LogP contribution in [0.25, 0.3) is 0 Å². The predicted octanol–water partition coefficient (Wildman–Crippen LogP) is 5.09. The Morgan fingerprint density at radius 2 is 1.36 bits per heavy atom. The van der Waals surface area contributed by atoms with Gasteiger partial charge in [0.2, 0.25) is 0 Å². The van der Waals surface area contributed by atoms with Crippen molar-refractivity contribution in [2.45, 2.75) is 6.42 Å². The van der Waals surface area contributed by atoms with Crippen molar-refractivity contribution in [2.24, 2.45) is 5.92 Å². The Morgan fingerprint density at radius 3 is 1.86 bits per heavy atom. The number of allylic oxidation sites excluding steroid dienone is 1. The van der Waals surface area contributed by atoms with E-state index in [9.17, 15) is 9.59 Å². The van der Waals surface area contributed by atoms with Gasteiger partial charge in [-0.2, -0.15) is 0 Å². The molecule has 0 N–H and O–H groups in total. The Balaban J connectivity index is 2.20. The Hall–Kier alpha value is -1.94. The lowest BCUT2D eigenvalue weighted by Crippen LogP contribution is -2.36. The van der Waals surface area contributed by atoms with E-state index in [1.54, 1.807) is 24.3 Å². The van der Waals surface area contributed by atoms with Gasteiger partial charge in [-0.05, 0) is 12.0 Å². The molecule has 0 aromatic heterocycles. The number of alkyl halides is 2. The minimum absolute atomic E-state index is 0.00300. The van der Waals surface area contributed by atoms with Crippen molar-refractivity contribution in [3.8, 4) is 0 Å². The van der Waals surface area contributed by atoms with Crippen LogP contribution in [0, 0.1) is 5.92 Å². The molecule has 0 aliphatic rings. The van der Waals surface area contributed by atoms with Crippen LogP contribution >= 0.6 is 23.2 Å². The van der Waals surface area contributed by atoms with Gasteiger partial charge in [-0.15, -0.1) is 23.2 Å². The van der Waals surface area contributed by atoms with Gasteiger partial charge in [0.05, 0.1) is 0 Å². The quantitative estimate of drug-likeness (QED) is 0.274. The number of carbonyl (C=O) groups excluding carboxylic acids is 2. The second kappa shape index (κ2) is 11.8. The van der Waals surface area contributed by atoms with Gasteiger partial charge in [-0.1, -0.05) is 67.2 Å². The molecule has 2 rings (SSSR count). The number of Topliss-reactive ketones (excluding diaryl/α,β-unsaturated/α-hetero) is 2. The van der Waals surface area contributed by atoms with Crippen LogP contribution in [0.2, 0.25) is 0 Å². The highest BCUT2D eigenvalue weighted by molar-refractivity contribution is 6.18. The van der Waals surface area contributed by atoms with E-state index in [1.165, 1.54) is 0 Å². The summed E-state index contributed by atoms with van der Waals surface area (Å²) in [6.07, 6.45) is 0.294. The molecule has 0 heterocycles. The van der Waals surface area contributed by atoms with Gasteiger partial charge in [0.1, 0.15) is 0 Å². The summed E-state index contributed by atoms with van der Waals surface area (Å²) in [6, 6.07) is 18.1. The smallest absolute Gasteiger partial charge is 0.188 e. The molecule has 0 bridgehead atoms. The van der Waals surface area contributed by atoms with E-state index in [2.05, 4.69) is 11.5 Å². The molecule has 0 fully saturated rings. The van der Waals surface area contributed by atoms with Crippen molar-refractivity contribution >= 4 is 34.8 Å². The fourth-order valence-corrected chi connectivity index (χ4v) is 3.59. The average molecular weight is 418 g/mol. The summed E-state index contributed by atoms with van der Waals surface area (Å²) in [7, 11) is 0. The molecule has 28 heavy (non-hydrogen) atoms. The number of carbonyl (C=O) groups is 2. The van der Waals surface area contributed by atoms with E-state index in [1.807, 2.05) is 36.4 Å². The number of benzene rings is 2. The van der Waals surface area contributed by atoms with Crippen LogP contribution in [0.15, 0.2) is 72.8 Å².